The van der Waals surface area contributed by atoms with Crippen LogP contribution in [0.1, 0.15) is 41.2 Å². The van der Waals surface area contributed by atoms with Gasteiger partial charge in [-0.2, -0.15) is 0 Å². The van der Waals surface area contributed by atoms with E-state index in [1.54, 1.807) is 0 Å². The SMILES string of the molecule is Cc1c(C)c2c(c(C)c1O)CCC(C)(CN1CCN(Cc3ccccc3-c3ccc(Cl)cc3)CC1)O2. The number of benzene rings is 3. The molecular formula is C31H37ClN2O2. The van der Waals surface area contributed by atoms with Crippen LogP contribution < -0.4 is 4.74 Å². The topological polar surface area (TPSA) is 35.9 Å². The van der Waals surface area contributed by atoms with Gasteiger partial charge in [0.1, 0.15) is 17.1 Å². The summed E-state index contributed by atoms with van der Waals surface area (Å²) in [6.45, 7) is 14.4. The molecule has 36 heavy (non-hydrogen) atoms. The number of fused-ring (bicyclic) bond motifs is 1. The maximum atomic E-state index is 10.5. The normalized spacial score (nSPS) is 20.7. The summed E-state index contributed by atoms with van der Waals surface area (Å²) in [6, 6.07) is 16.8. The molecule has 0 radical (unpaired) electrons. The fraction of sp³-hybridized carbons (Fsp3) is 0.419. The summed E-state index contributed by atoms with van der Waals surface area (Å²) in [5.41, 5.74) is 7.80. The summed E-state index contributed by atoms with van der Waals surface area (Å²) in [5.74, 6) is 1.42. The van der Waals surface area contributed by atoms with E-state index in [1.165, 1.54) is 22.3 Å². The minimum absolute atomic E-state index is 0.211. The zero-order chi connectivity index (χ0) is 25.4. The molecule has 0 amide bonds. The Kier molecular flexibility index (Phi) is 7.04. The number of hydrogen-bond donors (Lipinski definition) is 1. The van der Waals surface area contributed by atoms with Crippen molar-refractivity contribution in [1.29, 1.82) is 0 Å². The molecule has 1 N–H and O–H groups in total. The molecule has 1 saturated heterocycles. The number of rotatable bonds is 5. The summed E-state index contributed by atoms with van der Waals surface area (Å²) in [4.78, 5) is 5.12. The molecule has 1 fully saturated rings. The lowest BCUT2D eigenvalue weighted by atomic mass is 9.86. The lowest BCUT2D eigenvalue weighted by molar-refractivity contribution is 0.00751. The Bertz CT molecular complexity index is 1250. The first kappa shape index (κ1) is 25.1. The number of aromatic hydroxyl groups is 1. The highest BCUT2D eigenvalue weighted by atomic mass is 35.5. The van der Waals surface area contributed by atoms with Gasteiger partial charge in [-0.05, 0) is 86.1 Å². The van der Waals surface area contributed by atoms with Gasteiger partial charge in [0.05, 0.1) is 0 Å². The molecule has 5 rings (SSSR count). The summed E-state index contributed by atoms with van der Waals surface area (Å²) < 4.78 is 6.69. The zero-order valence-corrected chi connectivity index (χ0v) is 22.7. The highest BCUT2D eigenvalue weighted by Crippen LogP contribution is 2.43. The lowest BCUT2D eigenvalue weighted by Crippen LogP contribution is -2.53. The molecule has 3 aromatic carbocycles. The number of piperazine rings is 1. The van der Waals surface area contributed by atoms with Gasteiger partial charge in [-0.15, -0.1) is 0 Å². The first-order valence-electron chi connectivity index (χ1n) is 13.0. The minimum Gasteiger partial charge on any atom is -0.507 e. The van der Waals surface area contributed by atoms with Crippen molar-refractivity contribution in [2.75, 3.05) is 32.7 Å². The van der Waals surface area contributed by atoms with Crippen molar-refractivity contribution in [3.8, 4) is 22.6 Å². The van der Waals surface area contributed by atoms with E-state index >= 15 is 0 Å². The van der Waals surface area contributed by atoms with E-state index in [1.807, 2.05) is 26.0 Å². The van der Waals surface area contributed by atoms with E-state index in [9.17, 15) is 5.11 Å². The van der Waals surface area contributed by atoms with E-state index in [-0.39, 0.29) is 5.60 Å². The Labute approximate surface area is 220 Å². The minimum atomic E-state index is -0.211. The molecule has 5 heteroatoms. The van der Waals surface area contributed by atoms with Gasteiger partial charge in [-0.3, -0.25) is 9.80 Å². The molecule has 2 heterocycles. The van der Waals surface area contributed by atoms with E-state index < -0.39 is 0 Å². The third-order valence-corrected chi connectivity index (χ3v) is 8.43. The van der Waals surface area contributed by atoms with E-state index in [4.69, 9.17) is 16.3 Å². The monoisotopic (exact) mass is 504 g/mol. The second-order valence-electron chi connectivity index (χ2n) is 10.8. The second kappa shape index (κ2) is 10.1. The molecule has 1 unspecified atom stereocenters. The standard InChI is InChI=1S/C31H37ClN2O2/c1-21-22(2)30-27(23(3)29(21)35)13-14-31(4,36-30)20-34-17-15-33(16-18-34)19-25-7-5-6-8-28(25)24-9-11-26(32)12-10-24/h5-12,35H,13-20H2,1-4H3. The highest BCUT2D eigenvalue weighted by molar-refractivity contribution is 6.30. The van der Waals surface area contributed by atoms with Gasteiger partial charge in [0.15, 0.2) is 0 Å². The van der Waals surface area contributed by atoms with Crippen molar-refractivity contribution in [2.24, 2.45) is 0 Å². The van der Waals surface area contributed by atoms with Gasteiger partial charge < -0.3 is 9.84 Å². The molecule has 3 aromatic rings. The maximum absolute atomic E-state index is 10.5. The molecule has 0 aromatic heterocycles. The summed E-state index contributed by atoms with van der Waals surface area (Å²) in [6.07, 6.45) is 1.92. The fourth-order valence-electron chi connectivity index (χ4n) is 5.79. The number of halogens is 1. The van der Waals surface area contributed by atoms with Crippen molar-refractivity contribution >= 4 is 11.6 Å². The van der Waals surface area contributed by atoms with Crippen LogP contribution in [0, 0.1) is 20.8 Å². The number of phenolic OH excluding ortho intramolecular Hbond substituents is 1. The van der Waals surface area contributed by atoms with Crippen LogP contribution in [0.2, 0.25) is 5.02 Å². The van der Waals surface area contributed by atoms with Crippen molar-refractivity contribution in [1.82, 2.24) is 9.80 Å². The number of hydrogen-bond acceptors (Lipinski definition) is 4. The van der Waals surface area contributed by atoms with E-state index in [2.05, 4.69) is 60.0 Å². The third kappa shape index (κ3) is 5.00. The number of ether oxygens (including phenoxy) is 1. The van der Waals surface area contributed by atoms with Gasteiger partial charge >= 0.3 is 0 Å². The molecule has 1 atom stereocenters. The van der Waals surface area contributed by atoms with Crippen LogP contribution in [0.15, 0.2) is 48.5 Å². The van der Waals surface area contributed by atoms with Gasteiger partial charge in [-0.25, -0.2) is 0 Å². The van der Waals surface area contributed by atoms with Crippen LogP contribution in [0.5, 0.6) is 11.5 Å². The van der Waals surface area contributed by atoms with Gasteiger partial charge in [0.25, 0.3) is 0 Å². The Morgan fingerprint density at radius 3 is 2.28 bits per heavy atom. The van der Waals surface area contributed by atoms with Crippen molar-refractivity contribution in [2.45, 2.75) is 52.7 Å². The van der Waals surface area contributed by atoms with Crippen molar-refractivity contribution in [3.63, 3.8) is 0 Å². The maximum Gasteiger partial charge on any atom is 0.127 e. The molecule has 0 spiro atoms. The Balaban J connectivity index is 1.22. The fourth-order valence-corrected chi connectivity index (χ4v) is 5.92. The number of nitrogens with zero attached hydrogens (tertiary/aromatic N) is 2. The molecule has 0 bridgehead atoms. The molecule has 2 aliphatic heterocycles. The van der Waals surface area contributed by atoms with Crippen LogP contribution in [0.4, 0.5) is 0 Å². The van der Waals surface area contributed by atoms with Gasteiger partial charge in [0.2, 0.25) is 0 Å². The molecule has 4 nitrogen and oxygen atoms in total. The quantitative estimate of drug-likeness (QED) is 0.428. The van der Waals surface area contributed by atoms with Gasteiger partial charge in [0, 0.05) is 49.9 Å². The van der Waals surface area contributed by atoms with Gasteiger partial charge in [-0.1, -0.05) is 48.0 Å². The predicted octanol–water partition coefficient (Wildman–Crippen LogP) is 6.54. The van der Waals surface area contributed by atoms with Crippen LogP contribution in [-0.4, -0.2) is 53.2 Å². The average molecular weight is 505 g/mol. The largest absolute Gasteiger partial charge is 0.507 e. The molecular weight excluding hydrogens is 468 g/mol. The van der Waals surface area contributed by atoms with E-state index in [0.717, 1.165) is 79.6 Å². The molecule has 0 saturated carbocycles. The summed E-state index contributed by atoms with van der Waals surface area (Å²) in [7, 11) is 0. The molecule has 190 valence electrons. The summed E-state index contributed by atoms with van der Waals surface area (Å²) in [5, 5.41) is 11.3. The summed E-state index contributed by atoms with van der Waals surface area (Å²) >= 11 is 6.11. The lowest BCUT2D eigenvalue weighted by Gasteiger charge is -2.43. The van der Waals surface area contributed by atoms with Crippen molar-refractivity contribution in [3.05, 3.63) is 81.4 Å². The molecule has 0 aliphatic carbocycles. The van der Waals surface area contributed by atoms with E-state index in [0.29, 0.717) is 5.75 Å². The first-order chi connectivity index (χ1) is 17.2. The van der Waals surface area contributed by atoms with Crippen LogP contribution in [0.25, 0.3) is 11.1 Å². The first-order valence-corrected chi connectivity index (χ1v) is 13.4. The second-order valence-corrected chi connectivity index (χ2v) is 11.2. The third-order valence-electron chi connectivity index (χ3n) is 8.18. The zero-order valence-electron chi connectivity index (χ0n) is 21.9. The predicted molar refractivity (Wildman–Crippen MR) is 148 cm³/mol. The molecule has 2 aliphatic rings. The van der Waals surface area contributed by atoms with Crippen LogP contribution >= 0.6 is 11.6 Å². The Hall–Kier alpha value is -2.53. The smallest absolute Gasteiger partial charge is 0.127 e. The highest BCUT2D eigenvalue weighted by Gasteiger charge is 2.36. The Morgan fingerprint density at radius 1 is 0.889 bits per heavy atom. The van der Waals surface area contributed by atoms with Crippen molar-refractivity contribution < 1.29 is 9.84 Å². The van der Waals surface area contributed by atoms with Crippen LogP contribution in [0.3, 0.4) is 0 Å². The average Bonchev–Trinajstić information content (AvgIpc) is 2.88. The Morgan fingerprint density at radius 2 is 1.56 bits per heavy atom. The number of phenols is 1. The van der Waals surface area contributed by atoms with Crippen LogP contribution in [-0.2, 0) is 13.0 Å².